The van der Waals surface area contributed by atoms with Gasteiger partial charge >= 0.3 is 5.97 Å². The number of nitrogens with one attached hydrogen (secondary N) is 2. The minimum atomic E-state index is -1.15. The zero-order valence-corrected chi connectivity index (χ0v) is 14.0. The zero-order valence-electron chi connectivity index (χ0n) is 14.0. The molecule has 2 atom stereocenters. The fourth-order valence-electron chi connectivity index (χ4n) is 2.30. The first-order valence-corrected chi connectivity index (χ1v) is 7.74. The molecule has 3 N–H and O–H groups in total. The number of hydrogen-bond donors (Lipinski definition) is 3. The molecule has 0 spiro atoms. The molecular weight excluding hydrogens is 315 g/mol. The molecule has 1 aromatic rings. The molecule has 0 radical (unpaired) electrons. The predicted octanol–water partition coefficient (Wildman–Crippen LogP) is 1.49. The van der Waals surface area contributed by atoms with Gasteiger partial charge in [-0.1, -0.05) is 32.0 Å². The standard InChI is InChI=1S/C17H23FN2O4/c1-10(2)8-15(17(23)24)20-16(22)14(19-11(3)21)9-12-6-4-5-7-13(12)18/h4-7,10,14-15H,8-9H2,1-3H3,(H,19,21)(H,20,22)(H,23,24)/t14-,15+/m0/s1. The lowest BCUT2D eigenvalue weighted by Gasteiger charge is -2.22. The summed E-state index contributed by atoms with van der Waals surface area (Å²) in [5, 5.41) is 14.1. The molecule has 0 aliphatic heterocycles. The van der Waals surface area contributed by atoms with Crippen molar-refractivity contribution in [1.29, 1.82) is 0 Å². The van der Waals surface area contributed by atoms with Crippen molar-refractivity contribution in [2.45, 2.75) is 45.7 Å². The second-order valence-corrected chi connectivity index (χ2v) is 6.08. The van der Waals surface area contributed by atoms with Crippen LogP contribution < -0.4 is 10.6 Å². The second-order valence-electron chi connectivity index (χ2n) is 6.08. The van der Waals surface area contributed by atoms with Crippen LogP contribution in [0, 0.1) is 11.7 Å². The molecular formula is C17H23FN2O4. The third-order valence-electron chi connectivity index (χ3n) is 3.40. The lowest BCUT2D eigenvalue weighted by atomic mass is 10.0. The number of carbonyl (C=O) groups is 3. The van der Waals surface area contributed by atoms with E-state index in [1.165, 1.54) is 25.1 Å². The van der Waals surface area contributed by atoms with Gasteiger partial charge in [0.05, 0.1) is 0 Å². The van der Waals surface area contributed by atoms with E-state index in [-0.39, 0.29) is 24.3 Å². The van der Waals surface area contributed by atoms with Crippen LogP contribution in [0.15, 0.2) is 24.3 Å². The van der Waals surface area contributed by atoms with Crippen LogP contribution in [-0.4, -0.2) is 35.0 Å². The Balaban J connectivity index is 2.90. The Bertz CT molecular complexity index is 604. The summed E-state index contributed by atoms with van der Waals surface area (Å²) < 4.78 is 13.8. The number of aliphatic carboxylic acids is 1. The van der Waals surface area contributed by atoms with Crippen molar-refractivity contribution in [2.24, 2.45) is 5.92 Å². The van der Waals surface area contributed by atoms with Crippen LogP contribution in [-0.2, 0) is 20.8 Å². The molecule has 0 aliphatic carbocycles. The lowest BCUT2D eigenvalue weighted by Crippen LogP contribution is -2.52. The minimum Gasteiger partial charge on any atom is -0.480 e. The highest BCUT2D eigenvalue weighted by molar-refractivity contribution is 5.90. The number of carboxylic acids is 1. The fourth-order valence-corrected chi connectivity index (χ4v) is 2.30. The second kappa shape index (κ2) is 9.00. The summed E-state index contributed by atoms with van der Waals surface area (Å²) in [7, 11) is 0. The number of hydrogen-bond acceptors (Lipinski definition) is 3. The monoisotopic (exact) mass is 338 g/mol. The average molecular weight is 338 g/mol. The molecule has 0 unspecified atom stereocenters. The van der Waals surface area contributed by atoms with E-state index in [0.29, 0.717) is 0 Å². The molecule has 6 nitrogen and oxygen atoms in total. The highest BCUT2D eigenvalue weighted by Crippen LogP contribution is 2.11. The highest BCUT2D eigenvalue weighted by Gasteiger charge is 2.27. The molecule has 132 valence electrons. The highest BCUT2D eigenvalue weighted by atomic mass is 19.1. The van der Waals surface area contributed by atoms with Crippen molar-refractivity contribution in [2.75, 3.05) is 0 Å². The van der Waals surface area contributed by atoms with E-state index in [4.69, 9.17) is 0 Å². The number of amides is 2. The molecule has 7 heteroatoms. The number of carbonyl (C=O) groups excluding carboxylic acids is 2. The molecule has 0 saturated carbocycles. The molecule has 0 aromatic heterocycles. The lowest BCUT2D eigenvalue weighted by molar-refractivity contribution is -0.142. The molecule has 0 aliphatic rings. The summed E-state index contributed by atoms with van der Waals surface area (Å²) in [6.07, 6.45) is 0.194. The van der Waals surface area contributed by atoms with Crippen molar-refractivity contribution in [3.63, 3.8) is 0 Å². The van der Waals surface area contributed by atoms with E-state index < -0.39 is 35.7 Å². The van der Waals surface area contributed by atoms with Crippen LogP contribution >= 0.6 is 0 Å². The summed E-state index contributed by atoms with van der Waals surface area (Å²) >= 11 is 0. The first-order chi connectivity index (χ1) is 11.2. The summed E-state index contributed by atoms with van der Waals surface area (Å²) in [5.41, 5.74) is 0.266. The van der Waals surface area contributed by atoms with Crippen LogP contribution in [0.2, 0.25) is 0 Å². The van der Waals surface area contributed by atoms with Gasteiger partial charge < -0.3 is 15.7 Å². The molecule has 1 rings (SSSR count). The van der Waals surface area contributed by atoms with Crippen LogP contribution in [0.4, 0.5) is 4.39 Å². The van der Waals surface area contributed by atoms with Crippen molar-refractivity contribution in [3.8, 4) is 0 Å². The Kier molecular flexibility index (Phi) is 7.35. The van der Waals surface area contributed by atoms with Crippen molar-refractivity contribution in [1.82, 2.24) is 10.6 Å². The average Bonchev–Trinajstić information content (AvgIpc) is 2.47. The molecule has 24 heavy (non-hydrogen) atoms. The van der Waals surface area contributed by atoms with Gasteiger partial charge in [0.25, 0.3) is 0 Å². The normalized spacial score (nSPS) is 13.2. The maximum Gasteiger partial charge on any atom is 0.326 e. The van der Waals surface area contributed by atoms with Crippen LogP contribution in [0.3, 0.4) is 0 Å². The Morgan fingerprint density at radius 1 is 1.12 bits per heavy atom. The SMILES string of the molecule is CC(=O)N[C@@H](Cc1ccccc1F)C(=O)N[C@H](CC(C)C)C(=O)O. The van der Waals surface area contributed by atoms with Crippen molar-refractivity contribution in [3.05, 3.63) is 35.6 Å². The van der Waals surface area contributed by atoms with Crippen LogP contribution in [0.5, 0.6) is 0 Å². The summed E-state index contributed by atoms with van der Waals surface area (Å²) in [5.74, 6) is -2.68. The van der Waals surface area contributed by atoms with Gasteiger partial charge in [-0.15, -0.1) is 0 Å². The van der Waals surface area contributed by atoms with E-state index in [1.54, 1.807) is 6.07 Å². The Labute approximate surface area is 140 Å². The van der Waals surface area contributed by atoms with Crippen LogP contribution in [0.1, 0.15) is 32.8 Å². The molecule has 0 bridgehead atoms. The third-order valence-corrected chi connectivity index (χ3v) is 3.40. The summed E-state index contributed by atoms with van der Waals surface area (Å²) in [6, 6.07) is 3.81. The maximum atomic E-state index is 13.8. The quantitative estimate of drug-likeness (QED) is 0.669. The van der Waals surface area contributed by atoms with Crippen molar-refractivity contribution >= 4 is 17.8 Å². The molecule has 0 fully saturated rings. The first kappa shape index (κ1) is 19.6. The van der Waals surface area contributed by atoms with Gasteiger partial charge in [0, 0.05) is 13.3 Å². The summed E-state index contributed by atoms with van der Waals surface area (Å²) in [4.78, 5) is 35.0. The number of carboxylic acid groups (broad SMARTS) is 1. The van der Waals surface area contributed by atoms with Gasteiger partial charge in [-0.25, -0.2) is 9.18 Å². The Hall–Kier alpha value is -2.44. The Morgan fingerprint density at radius 3 is 2.25 bits per heavy atom. The van der Waals surface area contributed by atoms with Gasteiger partial charge in [-0.3, -0.25) is 9.59 Å². The van der Waals surface area contributed by atoms with E-state index in [2.05, 4.69) is 10.6 Å². The maximum absolute atomic E-state index is 13.8. The number of benzene rings is 1. The smallest absolute Gasteiger partial charge is 0.326 e. The van der Waals surface area contributed by atoms with Gasteiger partial charge in [0.2, 0.25) is 11.8 Å². The largest absolute Gasteiger partial charge is 0.480 e. The first-order valence-electron chi connectivity index (χ1n) is 7.74. The van der Waals surface area contributed by atoms with Gasteiger partial charge in [-0.05, 0) is 24.0 Å². The van der Waals surface area contributed by atoms with E-state index in [9.17, 15) is 23.9 Å². The third kappa shape index (κ3) is 6.36. The van der Waals surface area contributed by atoms with E-state index in [1.807, 2.05) is 13.8 Å². The molecule has 2 amide bonds. The fraction of sp³-hybridized carbons (Fsp3) is 0.471. The van der Waals surface area contributed by atoms with Gasteiger partial charge in [0.15, 0.2) is 0 Å². The molecule has 0 saturated heterocycles. The van der Waals surface area contributed by atoms with Gasteiger partial charge in [0.1, 0.15) is 17.9 Å². The Morgan fingerprint density at radius 2 is 1.75 bits per heavy atom. The van der Waals surface area contributed by atoms with Gasteiger partial charge in [-0.2, -0.15) is 0 Å². The molecule has 0 heterocycles. The van der Waals surface area contributed by atoms with E-state index in [0.717, 1.165) is 0 Å². The summed E-state index contributed by atoms with van der Waals surface area (Å²) in [6.45, 7) is 4.92. The van der Waals surface area contributed by atoms with Crippen LogP contribution in [0.25, 0.3) is 0 Å². The zero-order chi connectivity index (χ0) is 18.3. The number of halogens is 1. The molecule has 1 aromatic carbocycles. The number of rotatable bonds is 8. The van der Waals surface area contributed by atoms with E-state index >= 15 is 0 Å². The minimum absolute atomic E-state index is 0.0634. The van der Waals surface area contributed by atoms with Crippen molar-refractivity contribution < 1.29 is 23.9 Å². The predicted molar refractivity (Wildman–Crippen MR) is 86.7 cm³/mol. The topological polar surface area (TPSA) is 95.5 Å².